The molecule has 0 aromatic heterocycles. The smallest absolute Gasteiger partial charge is 0.264 e. The minimum absolute atomic E-state index is 0.0455. The van der Waals surface area contributed by atoms with Gasteiger partial charge >= 0.3 is 0 Å². The van der Waals surface area contributed by atoms with E-state index in [4.69, 9.17) is 34.8 Å². The second kappa shape index (κ2) is 10.2. The average Bonchev–Trinajstić information content (AvgIpc) is 2.75. The molecule has 1 amide bonds. The van der Waals surface area contributed by atoms with E-state index >= 15 is 0 Å². The van der Waals surface area contributed by atoms with Crippen LogP contribution in [0.25, 0.3) is 0 Å². The van der Waals surface area contributed by atoms with E-state index < -0.39 is 22.5 Å². The maximum atomic E-state index is 13.2. The van der Waals surface area contributed by atoms with Crippen LogP contribution in [0.2, 0.25) is 15.1 Å². The quantitative estimate of drug-likeness (QED) is 0.370. The van der Waals surface area contributed by atoms with E-state index in [0.717, 1.165) is 4.31 Å². The topological polar surface area (TPSA) is 78.8 Å². The summed E-state index contributed by atoms with van der Waals surface area (Å²) in [6, 6.07) is 18.9. The van der Waals surface area contributed by atoms with Gasteiger partial charge in [-0.2, -0.15) is 5.10 Å². The lowest BCUT2D eigenvalue weighted by Gasteiger charge is -2.23. The van der Waals surface area contributed by atoms with Crippen LogP contribution in [0.1, 0.15) is 5.56 Å². The van der Waals surface area contributed by atoms with Gasteiger partial charge in [0.15, 0.2) is 0 Å². The Balaban J connectivity index is 1.84. The van der Waals surface area contributed by atoms with Gasteiger partial charge < -0.3 is 0 Å². The van der Waals surface area contributed by atoms with Gasteiger partial charge in [-0.1, -0.05) is 59.1 Å². The van der Waals surface area contributed by atoms with Gasteiger partial charge in [0.1, 0.15) is 6.54 Å². The third-order valence-corrected chi connectivity index (χ3v) is 6.81. The summed E-state index contributed by atoms with van der Waals surface area (Å²) in [6.07, 6.45) is 1.29. The summed E-state index contributed by atoms with van der Waals surface area (Å²) in [4.78, 5) is 12.6. The summed E-state index contributed by atoms with van der Waals surface area (Å²) >= 11 is 18.0. The number of amides is 1. The molecule has 0 spiro atoms. The first-order valence-corrected chi connectivity index (χ1v) is 11.5. The molecule has 0 aliphatic carbocycles. The summed E-state index contributed by atoms with van der Waals surface area (Å²) in [7, 11) is -4.02. The Bertz CT molecular complexity index is 1180. The highest BCUT2D eigenvalue weighted by Crippen LogP contribution is 2.25. The lowest BCUT2D eigenvalue weighted by molar-refractivity contribution is -0.119. The molecular formula is C21H16Cl3N3O3S. The van der Waals surface area contributed by atoms with E-state index in [1.165, 1.54) is 30.5 Å². The van der Waals surface area contributed by atoms with Crippen molar-refractivity contribution >= 4 is 62.6 Å². The van der Waals surface area contributed by atoms with Crippen molar-refractivity contribution in [3.63, 3.8) is 0 Å². The summed E-state index contributed by atoms with van der Waals surface area (Å²) in [5.41, 5.74) is 3.01. The highest BCUT2D eigenvalue weighted by Gasteiger charge is 2.27. The number of nitrogens with zero attached hydrogens (tertiary/aromatic N) is 2. The molecular weight excluding hydrogens is 481 g/mol. The number of halogens is 3. The molecule has 10 heteroatoms. The first-order valence-electron chi connectivity index (χ1n) is 8.88. The van der Waals surface area contributed by atoms with Crippen molar-refractivity contribution in [1.29, 1.82) is 0 Å². The number of nitrogens with one attached hydrogen (secondary N) is 1. The lowest BCUT2D eigenvalue weighted by atomic mass is 10.2. The molecule has 0 saturated carbocycles. The first kappa shape index (κ1) is 23.1. The van der Waals surface area contributed by atoms with Crippen LogP contribution in [0.15, 0.2) is 82.8 Å². The number of rotatable bonds is 7. The van der Waals surface area contributed by atoms with Crippen LogP contribution in [0.4, 0.5) is 5.69 Å². The van der Waals surface area contributed by atoms with Gasteiger partial charge in [-0.3, -0.25) is 9.10 Å². The first-order chi connectivity index (χ1) is 14.8. The van der Waals surface area contributed by atoms with E-state index in [2.05, 4.69) is 10.5 Å². The van der Waals surface area contributed by atoms with Crippen LogP contribution in [-0.4, -0.2) is 27.1 Å². The molecule has 0 aliphatic heterocycles. The zero-order chi connectivity index (χ0) is 22.4. The molecule has 0 saturated heterocycles. The number of carbonyl (C=O) groups excluding carboxylic acids is 1. The van der Waals surface area contributed by atoms with Crippen LogP contribution in [0.5, 0.6) is 0 Å². The number of sulfonamides is 1. The van der Waals surface area contributed by atoms with Gasteiger partial charge in [0, 0.05) is 10.6 Å². The maximum Gasteiger partial charge on any atom is 0.264 e. The predicted octanol–water partition coefficient (Wildman–Crippen LogP) is 4.99. The Morgan fingerprint density at radius 1 is 0.903 bits per heavy atom. The van der Waals surface area contributed by atoms with E-state index in [9.17, 15) is 13.2 Å². The Morgan fingerprint density at radius 3 is 2.13 bits per heavy atom. The van der Waals surface area contributed by atoms with Crippen LogP contribution in [0.3, 0.4) is 0 Å². The van der Waals surface area contributed by atoms with Crippen molar-refractivity contribution < 1.29 is 13.2 Å². The SMILES string of the molecule is O=C(CN(c1ccc(Cl)cc1)S(=O)(=O)c1ccccc1)N/N=C\c1c(Cl)cccc1Cl. The predicted molar refractivity (Wildman–Crippen MR) is 125 cm³/mol. The number of hydrazone groups is 1. The largest absolute Gasteiger partial charge is 0.271 e. The molecule has 0 radical (unpaired) electrons. The van der Waals surface area contributed by atoms with Crippen molar-refractivity contribution in [1.82, 2.24) is 5.43 Å². The van der Waals surface area contributed by atoms with Gasteiger partial charge in [0.25, 0.3) is 15.9 Å². The highest BCUT2D eigenvalue weighted by molar-refractivity contribution is 7.92. The molecule has 0 bridgehead atoms. The van der Waals surface area contributed by atoms with Gasteiger partial charge in [-0.25, -0.2) is 13.8 Å². The molecule has 3 aromatic rings. The Hall–Kier alpha value is -2.58. The molecule has 0 aliphatic rings. The second-order valence-corrected chi connectivity index (χ2v) is 9.34. The summed E-state index contributed by atoms with van der Waals surface area (Å²) in [5, 5.41) is 5.00. The van der Waals surface area contributed by atoms with E-state index in [1.807, 2.05) is 0 Å². The molecule has 0 unspecified atom stereocenters. The van der Waals surface area contributed by atoms with Crippen molar-refractivity contribution in [2.45, 2.75) is 4.90 Å². The van der Waals surface area contributed by atoms with Gasteiger partial charge in [0.05, 0.1) is 26.8 Å². The summed E-state index contributed by atoms with van der Waals surface area (Å²) in [6.45, 7) is -0.507. The normalized spacial score (nSPS) is 11.5. The molecule has 0 atom stereocenters. The molecule has 31 heavy (non-hydrogen) atoms. The van der Waals surface area contributed by atoms with Crippen LogP contribution < -0.4 is 9.73 Å². The van der Waals surface area contributed by atoms with Crippen molar-refractivity contribution in [2.24, 2.45) is 5.10 Å². The zero-order valence-corrected chi connectivity index (χ0v) is 19.0. The molecule has 3 aromatic carbocycles. The van der Waals surface area contributed by atoms with E-state index in [-0.39, 0.29) is 10.6 Å². The van der Waals surface area contributed by atoms with Crippen LogP contribution >= 0.6 is 34.8 Å². The Labute approximate surface area is 195 Å². The maximum absolute atomic E-state index is 13.2. The summed E-state index contributed by atoms with van der Waals surface area (Å²) < 4.78 is 27.3. The number of benzene rings is 3. The van der Waals surface area contributed by atoms with Crippen molar-refractivity contribution in [3.05, 3.63) is 93.4 Å². The van der Waals surface area contributed by atoms with Crippen LogP contribution in [0, 0.1) is 0 Å². The van der Waals surface area contributed by atoms with Gasteiger partial charge in [0.2, 0.25) is 0 Å². The van der Waals surface area contributed by atoms with E-state index in [1.54, 1.807) is 48.5 Å². The molecule has 6 nitrogen and oxygen atoms in total. The van der Waals surface area contributed by atoms with Gasteiger partial charge in [-0.05, 0) is 48.5 Å². The fourth-order valence-electron chi connectivity index (χ4n) is 2.61. The average molecular weight is 497 g/mol. The number of hydrogen-bond donors (Lipinski definition) is 1. The Morgan fingerprint density at radius 2 is 1.52 bits per heavy atom. The Kier molecular flexibility index (Phi) is 7.56. The highest BCUT2D eigenvalue weighted by atomic mass is 35.5. The molecule has 0 fully saturated rings. The standard InChI is InChI=1S/C21H16Cl3N3O3S/c22-15-9-11-16(12-10-15)27(31(29,30)17-5-2-1-3-6-17)14-21(28)26-25-13-18-19(23)7-4-8-20(18)24/h1-13H,14H2,(H,26,28)/b25-13-. The number of carbonyl (C=O) groups is 1. The minimum Gasteiger partial charge on any atom is -0.271 e. The number of hydrogen-bond acceptors (Lipinski definition) is 4. The summed E-state index contributed by atoms with van der Waals surface area (Å²) in [5.74, 6) is -0.658. The number of anilines is 1. The van der Waals surface area contributed by atoms with Crippen molar-refractivity contribution in [2.75, 3.05) is 10.8 Å². The van der Waals surface area contributed by atoms with Crippen molar-refractivity contribution in [3.8, 4) is 0 Å². The third kappa shape index (κ3) is 5.77. The second-order valence-electron chi connectivity index (χ2n) is 6.23. The zero-order valence-electron chi connectivity index (χ0n) is 15.9. The monoisotopic (exact) mass is 495 g/mol. The third-order valence-electron chi connectivity index (χ3n) is 4.12. The molecule has 160 valence electrons. The van der Waals surface area contributed by atoms with Gasteiger partial charge in [-0.15, -0.1) is 0 Å². The molecule has 1 N–H and O–H groups in total. The van der Waals surface area contributed by atoms with Crippen LogP contribution in [-0.2, 0) is 14.8 Å². The van der Waals surface area contributed by atoms with E-state index in [0.29, 0.717) is 20.6 Å². The fraction of sp³-hybridized carbons (Fsp3) is 0.0476. The fourth-order valence-corrected chi connectivity index (χ4v) is 4.67. The molecule has 0 heterocycles. The molecule has 3 rings (SSSR count). The lowest BCUT2D eigenvalue weighted by Crippen LogP contribution is -2.39. The minimum atomic E-state index is -4.02.